The van der Waals surface area contributed by atoms with Gasteiger partial charge in [0.2, 0.25) is 0 Å². The number of rotatable bonds is 7. The lowest BCUT2D eigenvalue weighted by Crippen LogP contribution is -2.28. The molecule has 1 aliphatic carbocycles. The predicted octanol–water partition coefficient (Wildman–Crippen LogP) is 2.21. The zero-order valence-corrected chi connectivity index (χ0v) is 11.7. The van der Waals surface area contributed by atoms with E-state index in [2.05, 4.69) is 41.0 Å². The lowest BCUT2D eigenvalue weighted by Gasteiger charge is -2.23. The molecule has 0 aromatic carbocycles. The van der Waals surface area contributed by atoms with E-state index in [9.17, 15) is 0 Å². The van der Waals surface area contributed by atoms with Crippen molar-refractivity contribution >= 4 is 5.82 Å². The van der Waals surface area contributed by atoms with Gasteiger partial charge in [0.15, 0.2) is 0 Å². The minimum absolute atomic E-state index is 0.642. The molecule has 2 rings (SSSR count). The molecular weight excluding hydrogens is 224 g/mol. The van der Waals surface area contributed by atoms with E-state index in [4.69, 9.17) is 0 Å². The number of aromatic nitrogens is 2. The number of anilines is 1. The van der Waals surface area contributed by atoms with Crippen molar-refractivity contribution in [3.63, 3.8) is 0 Å². The molecule has 18 heavy (non-hydrogen) atoms. The van der Waals surface area contributed by atoms with Crippen molar-refractivity contribution in [2.24, 2.45) is 5.92 Å². The second-order valence-electron chi connectivity index (χ2n) is 5.45. The Morgan fingerprint density at radius 3 is 2.61 bits per heavy atom. The van der Waals surface area contributed by atoms with E-state index in [1.807, 2.05) is 12.4 Å². The average molecular weight is 248 g/mol. The molecule has 0 aliphatic heterocycles. The molecule has 1 fully saturated rings. The molecule has 1 saturated carbocycles. The second-order valence-corrected chi connectivity index (χ2v) is 5.45. The van der Waals surface area contributed by atoms with Crippen LogP contribution in [0.5, 0.6) is 0 Å². The maximum Gasteiger partial charge on any atom is 0.147 e. The smallest absolute Gasteiger partial charge is 0.147 e. The molecule has 0 atom stereocenters. The van der Waals surface area contributed by atoms with Crippen molar-refractivity contribution in [3.8, 4) is 0 Å². The van der Waals surface area contributed by atoms with Crippen LogP contribution in [0.4, 0.5) is 5.82 Å². The molecule has 1 aromatic rings. The van der Waals surface area contributed by atoms with Gasteiger partial charge >= 0.3 is 0 Å². The molecule has 100 valence electrons. The first-order valence-electron chi connectivity index (χ1n) is 6.98. The van der Waals surface area contributed by atoms with Crippen LogP contribution in [0.1, 0.15) is 39.3 Å². The van der Waals surface area contributed by atoms with Crippen LogP contribution in [-0.4, -0.2) is 29.1 Å². The summed E-state index contributed by atoms with van der Waals surface area (Å²) < 4.78 is 0. The molecule has 4 heteroatoms. The topological polar surface area (TPSA) is 41.1 Å². The standard InChI is InChI=1S/C14H24N4/c1-4-18(10-11(2)3)14-9-16-13(8-17-14)7-15-12-5-6-12/h8-9,11-12,15H,4-7,10H2,1-3H3. The summed E-state index contributed by atoms with van der Waals surface area (Å²) >= 11 is 0. The van der Waals surface area contributed by atoms with Gasteiger partial charge in [-0.3, -0.25) is 4.98 Å². The van der Waals surface area contributed by atoms with Crippen LogP contribution in [0.15, 0.2) is 12.4 Å². The van der Waals surface area contributed by atoms with Gasteiger partial charge in [-0.15, -0.1) is 0 Å². The fourth-order valence-corrected chi connectivity index (χ4v) is 1.96. The average Bonchev–Trinajstić information content (AvgIpc) is 3.18. The third-order valence-electron chi connectivity index (χ3n) is 3.13. The highest BCUT2D eigenvalue weighted by Gasteiger charge is 2.20. The molecule has 1 heterocycles. The van der Waals surface area contributed by atoms with Gasteiger partial charge in [0, 0.05) is 25.7 Å². The summed E-state index contributed by atoms with van der Waals surface area (Å²) in [6, 6.07) is 0.722. The summed E-state index contributed by atoms with van der Waals surface area (Å²) in [6.07, 6.45) is 6.41. The third-order valence-corrected chi connectivity index (χ3v) is 3.13. The van der Waals surface area contributed by atoms with Crippen molar-refractivity contribution in [2.75, 3.05) is 18.0 Å². The van der Waals surface area contributed by atoms with Crippen LogP contribution in [0, 0.1) is 5.92 Å². The van der Waals surface area contributed by atoms with Crippen molar-refractivity contribution in [1.29, 1.82) is 0 Å². The van der Waals surface area contributed by atoms with Crippen molar-refractivity contribution in [2.45, 2.75) is 46.2 Å². The van der Waals surface area contributed by atoms with Gasteiger partial charge < -0.3 is 10.2 Å². The van der Waals surface area contributed by atoms with Crippen LogP contribution in [-0.2, 0) is 6.54 Å². The Hall–Kier alpha value is -1.16. The van der Waals surface area contributed by atoms with E-state index in [1.165, 1.54) is 12.8 Å². The maximum atomic E-state index is 4.52. The van der Waals surface area contributed by atoms with Crippen LogP contribution < -0.4 is 10.2 Å². The van der Waals surface area contributed by atoms with Gasteiger partial charge in [0.25, 0.3) is 0 Å². The van der Waals surface area contributed by atoms with E-state index in [0.717, 1.165) is 37.2 Å². The van der Waals surface area contributed by atoms with Crippen LogP contribution in [0.2, 0.25) is 0 Å². The highest BCUT2D eigenvalue weighted by atomic mass is 15.2. The van der Waals surface area contributed by atoms with Crippen molar-refractivity contribution < 1.29 is 0 Å². The molecule has 0 unspecified atom stereocenters. The predicted molar refractivity (Wildman–Crippen MR) is 74.6 cm³/mol. The van der Waals surface area contributed by atoms with E-state index in [0.29, 0.717) is 5.92 Å². The van der Waals surface area contributed by atoms with E-state index < -0.39 is 0 Å². The first-order chi connectivity index (χ1) is 8.69. The molecule has 1 aromatic heterocycles. The lowest BCUT2D eigenvalue weighted by atomic mass is 10.2. The van der Waals surface area contributed by atoms with Crippen LogP contribution in [0.25, 0.3) is 0 Å². The minimum atomic E-state index is 0.642. The van der Waals surface area contributed by atoms with Gasteiger partial charge in [-0.25, -0.2) is 4.98 Å². The summed E-state index contributed by atoms with van der Waals surface area (Å²) in [7, 11) is 0. The zero-order chi connectivity index (χ0) is 13.0. The van der Waals surface area contributed by atoms with Crippen LogP contribution in [0.3, 0.4) is 0 Å². The van der Waals surface area contributed by atoms with E-state index in [1.54, 1.807) is 0 Å². The summed E-state index contributed by atoms with van der Waals surface area (Å²) in [6.45, 7) is 9.46. The Morgan fingerprint density at radius 1 is 1.33 bits per heavy atom. The SMILES string of the molecule is CCN(CC(C)C)c1cnc(CNC2CC2)cn1. The number of hydrogen-bond acceptors (Lipinski definition) is 4. The van der Waals surface area contributed by atoms with E-state index in [-0.39, 0.29) is 0 Å². The Morgan fingerprint density at radius 2 is 2.11 bits per heavy atom. The molecular formula is C14H24N4. The quantitative estimate of drug-likeness (QED) is 0.803. The molecule has 1 aliphatic rings. The number of nitrogens with one attached hydrogen (secondary N) is 1. The third kappa shape index (κ3) is 3.95. The van der Waals surface area contributed by atoms with Gasteiger partial charge in [-0.05, 0) is 25.7 Å². The molecule has 0 radical (unpaired) electrons. The molecule has 4 nitrogen and oxygen atoms in total. The minimum Gasteiger partial charge on any atom is -0.355 e. The monoisotopic (exact) mass is 248 g/mol. The Kier molecular flexibility index (Phi) is 4.53. The normalized spacial score (nSPS) is 15.1. The van der Waals surface area contributed by atoms with E-state index >= 15 is 0 Å². The Labute approximate surface area is 110 Å². The largest absolute Gasteiger partial charge is 0.355 e. The van der Waals surface area contributed by atoms with Gasteiger partial charge in [0.1, 0.15) is 5.82 Å². The molecule has 0 amide bonds. The highest BCUT2D eigenvalue weighted by Crippen LogP contribution is 2.19. The van der Waals surface area contributed by atoms with Crippen molar-refractivity contribution in [3.05, 3.63) is 18.1 Å². The zero-order valence-electron chi connectivity index (χ0n) is 11.7. The van der Waals surface area contributed by atoms with Gasteiger partial charge in [-0.1, -0.05) is 13.8 Å². The summed E-state index contributed by atoms with van der Waals surface area (Å²) in [5.74, 6) is 1.63. The first-order valence-corrected chi connectivity index (χ1v) is 6.98. The van der Waals surface area contributed by atoms with Gasteiger partial charge in [0.05, 0.1) is 18.1 Å². The summed E-state index contributed by atoms with van der Waals surface area (Å²) in [5, 5.41) is 3.45. The fourth-order valence-electron chi connectivity index (χ4n) is 1.96. The first kappa shape index (κ1) is 13.3. The maximum absolute atomic E-state index is 4.52. The highest BCUT2D eigenvalue weighted by molar-refractivity contribution is 5.35. The van der Waals surface area contributed by atoms with Crippen molar-refractivity contribution in [1.82, 2.24) is 15.3 Å². The fraction of sp³-hybridized carbons (Fsp3) is 0.714. The molecule has 0 spiro atoms. The van der Waals surface area contributed by atoms with Crippen LogP contribution >= 0.6 is 0 Å². The number of nitrogens with zero attached hydrogens (tertiary/aromatic N) is 3. The molecule has 1 N–H and O–H groups in total. The van der Waals surface area contributed by atoms with Gasteiger partial charge in [-0.2, -0.15) is 0 Å². The second kappa shape index (κ2) is 6.14. The molecule has 0 saturated heterocycles. The lowest BCUT2D eigenvalue weighted by molar-refractivity contribution is 0.612. The Bertz CT molecular complexity index is 357. The Balaban J connectivity index is 1.91. The summed E-state index contributed by atoms with van der Waals surface area (Å²) in [5.41, 5.74) is 1.03. The number of hydrogen-bond donors (Lipinski definition) is 1. The molecule has 0 bridgehead atoms. The summed E-state index contributed by atoms with van der Waals surface area (Å²) in [4.78, 5) is 11.3.